The van der Waals surface area contributed by atoms with Gasteiger partial charge in [-0.2, -0.15) is 0 Å². The van der Waals surface area contributed by atoms with Gasteiger partial charge in [0.05, 0.1) is 0 Å². The molecule has 2 amide bonds. The van der Waals surface area contributed by atoms with Crippen LogP contribution in [0.5, 0.6) is 0 Å². The highest BCUT2D eigenvalue weighted by molar-refractivity contribution is 6.05. The number of nitrogens with one attached hydrogen (secondary N) is 1. The Balaban J connectivity index is 0.00000320. The number of aryl methyl sites for hydroxylation is 1. The second kappa shape index (κ2) is 11.9. The molecule has 1 saturated carbocycles. The van der Waals surface area contributed by atoms with Gasteiger partial charge in [-0.25, -0.2) is 0 Å². The molecule has 2 aliphatic rings. The van der Waals surface area contributed by atoms with Gasteiger partial charge in [0.25, 0.3) is 5.91 Å². The zero-order valence-electron chi connectivity index (χ0n) is 21.7. The molecule has 1 heterocycles. The molecular weight excluding hydrogens is 482 g/mol. The minimum absolute atomic E-state index is 0. The largest absolute Gasteiger partial charge is 0.322 e. The summed E-state index contributed by atoms with van der Waals surface area (Å²) in [5.74, 6) is -0.0323. The van der Waals surface area contributed by atoms with E-state index in [0.717, 1.165) is 29.8 Å². The highest BCUT2D eigenvalue weighted by atomic mass is 35.5. The smallest absolute Gasteiger partial charge is 0.255 e. The van der Waals surface area contributed by atoms with Crippen molar-refractivity contribution >= 4 is 35.6 Å². The molecule has 1 fully saturated rings. The van der Waals surface area contributed by atoms with Crippen LogP contribution in [0.15, 0.2) is 66.7 Å². The van der Waals surface area contributed by atoms with Crippen LogP contribution in [0.25, 0.3) is 11.1 Å². The second-order valence-corrected chi connectivity index (χ2v) is 10.2. The van der Waals surface area contributed by atoms with Gasteiger partial charge in [-0.3, -0.25) is 14.5 Å². The Morgan fingerprint density at radius 2 is 1.73 bits per heavy atom. The number of amides is 2. The van der Waals surface area contributed by atoms with E-state index in [2.05, 4.69) is 47.6 Å². The van der Waals surface area contributed by atoms with E-state index >= 15 is 0 Å². The van der Waals surface area contributed by atoms with Gasteiger partial charge in [-0.15, -0.1) is 12.4 Å². The number of fused-ring (bicyclic) bond motifs is 1. The standard InChI is InChI=1S/C31H35N3O2.ClH/c1-33(27-11-7-4-8-12-27)21-25-19-24(14-17-28(25)22-9-5-3-6-10-22)31(36)32-26-16-13-23-15-18-30(35)34(2)29(23)20-26;/h3,5-6,9-10,13-14,16-17,19-20,27H,4,7-8,11-12,15,18,21H2,1-2H3,(H,32,36);1H. The van der Waals surface area contributed by atoms with Crippen LogP contribution in [0.3, 0.4) is 0 Å². The van der Waals surface area contributed by atoms with E-state index in [-0.39, 0.29) is 24.2 Å². The fraction of sp³-hybridized carbons (Fsp3) is 0.355. The van der Waals surface area contributed by atoms with Crippen molar-refractivity contribution in [1.29, 1.82) is 0 Å². The van der Waals surface area contributed by atoms with Gasteiger partial charge < -0.3 is 10.2 Å². The fourth-order valence-electron chi connectivity index (χ4n) is 5.60. The summed E-state index contributed by atoms with van der Waals surface area (Å²) in [7, 11) is 4.01. The van der Waals surface area contributed by atoms with E-state index in [1.165, 1.54) is 43.2 Å². The topological polar surface area (TPSA) is 52.7 Å². The van der Waals surface area contributed by atoms with Crippen molar-refractivity contribution in [2.24, 2.45) is 0 Å². The number of hydrogen-bond donors (Lipinski definition) is 1. The Morgan fingerprint density at radius 3 is 2.49 bits per heavy atom. The molecule has 3 aromatic carbocycles. The first kappa shape index (κ1) is 26.9. The molecule has 3 aromatic rings. The van der Waals surface area contributed by atoms with Crippen LogP contribution < -0.4 is 10.2 Å². The monoisotopic (exact) mass is 517 g/mol. The lowest BCUT2D eigenvalue weighted by atomic mass is 9.93. The van der Waals surface area contributed by atoms with Crippen LogP contribution in [0.1, 0.15) is 60.0 Å². The summed E-state index contributed by atoms with van der Waals surface area (Å²) in [5.41, 5.74) is 6.85. The quantitative estimate of drug-likeness (QED) is 0.395. The van der Waals surface area contributed by atoms with Crippen molar-refractivity contribution < 1.29 is 9.59 Å². The maximum absolute atomic E-state index is 13.3. The first-order chi connectivity index (χ1) is 17.5. The van der Waals surface area contributed by atoms with Gasteiger partial charge in [0.2, 0.25) is 5.91 Å². The maximum atomic E-state index is 13.3. The third kappa shape index (κ3) is 6.06. The molecule has 37 heavy (non-hydrogen) atoms. The Morgan fingerprint density at radius 1 is 0.973 bits per heavy atom. The molecule has 5 nitrogen and oxygen atoms in total. The van der Waals surface area contributed by atoms with E-state index in [4.69, 9.17) is 0 Å². The lowest BCUT2D eigenvalue weighted by Gasteiger charge is -2.32. The number of carbonyl (C=O) groups excluding carboxylic acids is 2. The number of carbonyl (C=O) groups is 2. The zero-order chi connectivity index (χ0) is 25.1. The number of anilines is 2. The second-order valence-electron chi connectivity index (χ2n) is 10.2. The first-order valence-electron chi connectivity index (χ1n) is 13.1. The van der Waals surface area contributed by atoms with Crippen LogP contribution in [0, 0.1) is 0 Å². The van der Waals surface area contributed by atoms with Crippen LogP contribution in [-0.4, -0.2) is 36.9 Å². The average molecular weight is 518 g/mol. The van der Waals surface area contributed by atoms with E-state index in [9.17, 15) is 9.59 Å². The lowest BCUT2D eigenvalue weighted by molar-refractivity contribution is -0.118. The van der Waals surface area contributed by atoms with Crippen LogP contribution in [0.2, 0.25) is 0 Å². The van der Waals surface area contributed by atoms with Gasteiger partial charge in [-0.05, 0) is 72.8 Å². The predicted octanol–water partition coefficient (Wildman–Crippen LogP) is 6.70. The van der Waals surface area contributed by atoms with Crippen LogP contribution in [0.4, 0.5) is 11.4 Å². The summed E-state index contributed by atoms with van der Waals surface area (Å²) in [5, 5.41) is 3.06. The maximum Gasteiger partial charge on any atom is 0.255 e. The molecule has 0 radical (unpaired) electrons. The van der Waals surface area contributed by atoms with Crippen molar-refractivity contribution in [1.82, 2.24) is 4.90 Å². The Labute approximate surface area is 226 Å². The van der Waals surface area contributed by atoms with Crippen LogP contribution in [-0.2, 0) is 17.8 Å². The number of hydrogen-bond acceptors (Lipinski definition) is 3. The molecule has 0 bridgehead atoms. The van der Waals surface area contributed by atoms with Crippen molar-refractivity contribution in [3.05, 3.63) is 83.4 Å². The average Bonchev–Trinajstić information content (AvgIpc) is 2.92. The van der Waals surface area contributed by atoms with Crippen molar-refractivity contribution in [3.63, 3.8) is 0 Å². The minimum Gasteiger partial charge on any atom is -0.322 e. The van der Waals surface area contributed by atoms with Crippen molar-refractivity contribution in [2.45, 2.75) is 57.5 Å². The Bertz CT molecular complexity index is 1250. The van der Waals surface area contributed by atoms with E-state index < -0.39 is 0 Å². The summed E-state index contributed by atoms with van der Waals surface area (Å²) in [4.78, 5) is 29.6. The third-order valence-corrected chi connectivity index (χ3v) is 7.76. The minimum atomic E-state index is -0.138. The molecule has 0 unspecified atom stereocenters. The summed E-state index contributed by atoms with van der Waals surface area (Å²) in [6, 6.07) is 22.9. The third-order valence-electron chi connectivity index (χ3n) is 7.76. The van der Waals surface area contributed by atoms with Gasteiger partial charge in [0.1, 0.15) is 0 Å². The van der Waals surface area contributed by atoms with E-state index in [1.807, 2.05) is 36.4 Å². The number of nitrogens with zero attached hydrogens (tertiary/aromatic N) is 2. The fourth-order valence-corrected chi connectivity index (χ4v) is 5.60. The molecule has 0 atom stereocenters. The predicted molar refractivity (Wildman–Crippen MR) is 154 cm³/mol. The molecular formula is C31H36ClN3O2. The Hall–Kier alpha value is -3.15. The SMILES string of the molecule is CN1C(=O)CCc2ccc(NC(=O)c3ccc(-c4ccccc4)c(CN(C)C4CCCCC4)c3)cc21.Cl. The highest BCUT2D eigenvalue weighted by Crippen LogP contribution is 2.31. The molecule has 1 aliphatic heterocycles. The van der Waals surface area contributed by atoms with E-state index in [0.29, 0.717) is 23.7 Å². The molecule has 0 spiro atoms. The summed E-state index contributed by atoms with van der Waals surface area (Å²) < 4.78 is 0. The molecule has 0 saturated heterocycles. The number of rotatable bonds is 6. The number of benzene rings is 3. The molecule has 194 valence electrons. The molecule has 1 aliphatic carbocycles. The van der Waals surface area contributed by atoms with Crippen molar-refractivity contribution in [2.75, 3.05) is 24.3 Å². The van der Waals surface area contributed by atoms with Crippen LogP contribution >= 0.6 is 12.4 Å². The van der Waals surface area contributed by atoms with Gasteiger partial charge in [0, 0.05) is 43.0 Å². The molecule has 0 aromatic heterocycles. The first-order valence-corrected chi connectivity index (χ1v) is 13.1. The van der Waals surface area contributed by atoms with Gasteiger partial charge in [-0.1, -0.05) is 61.7 Å². The normalized spacial score (nSPS) is 15.8. The number of halogens is 1. The highest BCUT2D eigenvalue weighted by Gasteiger charge is 2.22. The molecule has 5 rings (SSSR count). The van der Waals surface area contributed by atoms with Crippen molar-refractivity contribution in [3.8, 4) is 11.1 Å². The molecule has 1 N–H and O–H groups in total. The van der Waals surface area contributed by atoms with Gasteiger partial charge in [0.15, 0.2) is 0 Å². The molecule has 6 heteroatoms. The Kier molecular flexibility index (Phi) is 8.67. The summed E-state index contributed by atoms with van der Waals surface area (Å²) in [6.07, 6.45) is 7.68. The van der Waals surface area contributed by atoms with Gasteiger partial charge >= 0.3 is 0 Å². The zero-order valence-corrected chi connectivity index (χ0v) is 22.5. The lowest BCUT2D eigenvalue weighted by Crippen LogP contribution is -2.33. The summed E-state index contributed by atoms with van der Waals surface area (Å²) >= 11 is 0. The van der Waals surface area contributed by atoms with E-state index in [1.54, 1.807) is 11.9 Å². The summed E-state index contributed by atoms with van der Waals surface area (Å²) in [6.45, 7) is 0.807.